The lowest BCUT2D eigenvalue weighted by atomic mass is 10.1. The van der Waals surface area contributed by atoms with Crippen LogP contribution in [-0.4, -0.2) is 23.4 Å². The van der Waals surface area contributed by atoms with Crippen molar-refractivity contribution in [3.63, 3.8) is 0 Å². The number of alkyl halides is 1. The van der Waals surface area contributed by atoms with Gasteiger partial charge in [0, 0.05) is 23.5 Å². The van der Waals surface area contributed by atoms with Crippen LogP contribution < -0.4 is 0 Å². The van der Waals surface area contributed by atoms with Gasteiger partial charge in [0.15, 0.2) is 0 Å². The maximum absolute atomic E-state index is 13.0. The molecular formula is C14H18Cl2FN. The molecule has 0 bridgehead atoms. The van der Waals surface area contributed by atoms with Crippen molar-refractivity contribution in [3.8, 4) is 0 Å². The summed E-state index contributed by atoms with van der Waals surface area (Å²) < 4.78 is 13.0. The van der Waals surface area contributed by atoms with Gasteiger partial charge in [-0.15, -0.1) is 11.6 Å². The van der Waals surface area contributed by atoms with Gasteiger partial charge in [-0.3, -0.25) is 4.90 Å². The van der Waals surface area contributed by atoms with Gasteiger partial charge in [0.05, 0.1) is 0 Å². The van der Waals surface area contributed by atoms with Gasteiger partial charge in [-0.05, 0) is 37.1 Å². The molecular weight excluding hydrogens is 272 g/mol. The van der Waals surface area contributed by atoms with E-state index in [0.717, 1.165) is 25.1 Å². The monoisotopic (exact) mass is 289 g/mol. The van der Waals surface area contributed by atoms with E-state index in [1.807, 2.05) is 0 Å². The molecule has 2 rings (SSSR count). The molecule has 1 heterocycles. The number of halogens is 3. The molecule has 0 N–H and O–H groups in total. The van der Waals surface area contributed by atoms with Gasteiger partial charge in [-0.2, -0.15) is 0 Å². The Bertz CT molecular complexity index is 397. The molecule has 0 spiro atoms. The Morgan fingerprint density at radius 2 is 2.11 bits per heavy atom. The lowest BCUT2D eigenvalue weighted by Gasteiger charge is -2.28. The molecule has 0 amide bonds. The van der Waals surface area contributed by atoms with E-state index < -0.39 is 0 Å². The molecule has 1 unspecified atom stereocenters. The minimum absolute atomic E-state index is 0.284. The van der Waals surface area contributed by atoms with Gasteiger partial charge in [0.25, 0.3) is 0 Å². The summed E-state index contributed by atoms with van der Waals surface area (Å²) in [6.07, 6.45) is 4.85. The zero-order valence-electron chi connectivity index (χ0n) is 10.3. The van der Waals surface area contributed by atoms with E-state index in [1.165, 1.54) is 31.4 Å². The minimum Gasteiger partial charge on any atom is -0.295 e. The first-order valence-electron chi connectivity index (χ1n) is 6.44. The zero-order chi connectivity index (χ0) is 13.0. The number of hydrogen-bond acceptors (Lipinski definition) is 1. The molecule has 100 valence electrons. The maximum atomic E-state index is 13.0. The van der Waals surface area contributed by atoms with Crippen LogP contribution in [0.3, 0.4) is 0 Å². The Hall–Kier alpha value is -0.310. The van der Waals surface area contributed by atoms with Crippen molar-refractivity contribution < 1.29 is 4.39 Å². The van der Waals surface area contributed by atoms with Gasteiger partial charge >= 0.3 is 0 Å². The highest BCUT2D eigenvalue weighted by Gasteiger charge is 2.20. The Labute approximate surface area is 118 Å². The second-order valence-electron chi connectivity index (χ2n) is 4.86. The molecule has 0 saturated carbocycles. The van der Waals surface area contributed by atoms with Gasteiger partial charge in [0.1, 0.15) is 5.82 Å². The molecule has 0 aliphatic carbocycles. The molecule has 1 fully saturated rings. The molecule has 1 saturated heterocycles. The molecule has 1 aliphatic heterocycles. The normalized spacial score (nSPS) is 21.8. The summed E-state index contributed by atoms with van der Waals surface area (Å²) in [6, 6.07) is 5.03. The number of likely N-dealkylation sites (tertiary alicyclic amines) is 1. The van der Waals surface area contributed by atoms with Gasteiger partial charge < -0.3 is 0 Å². The van der Waals surface area contributed by atoms with Crippen LogP contribution in [0.4, 0.5) is 4.39 Å². The highest BCUT2D eigenvalue weighted by atomic mass is 35.5. The first-order chi connectivity index (χ1) is 8.70. The summed E-state index contributed by atoms with van der Waals surface area (Å²) in [5, 5.41) is 0.507. The van der Waals surface area contributed by atoms with E-state index >= 15 is 0 Å². The number of benzene rings is 1. The molecule has 0 aromatic heterocycles. The summed E-state index contributed by atoms with van der Waals surface area (Å²) in [7, 11) is 0. The molecule has 1 atom stereocenters. The van der Waals surface area contributed by atoms with Crippen LogP contribution in [0.1, 0.15) is 31.2 Å². The second kappa shape index (κ2) is 6.74. The first-order valence-corrected chi connectivity index (χ1v) is 7.36. The van der Waals surface area contributed by atoms with E-state index in [9.17, 15) is 4.39 Å². The standard InChI is InChI=1S/C14H18Cl2FN/c15-9-13-4-2-1-3-7-18(13)10-11-5-6-12(17)8-14(11)16/h5-6,8,13H,1-4,7,9-10H2. The third-order valence-electron chi connectivity index (χ3n) is 3.57. The van der Waals surface area contributed by atoms with Gasteiger partial charge in [0.2, 0.25) is 0 Å². The van der Waals surface area contributed by atoms with E-state index in [-0.39, 0.29) is 5.82 Å². The molecule has 1 aromatic carbocycles. The topological polar surface area (TPSA) is 3.24 Å². The predicted octanol–water partition coefficient (Wildman–Crippen LogP) is 4.46. The average molecular weight is 290 g/mol. The molecule has 1 aliphatic rings. The first kappa shape index (κ1) is 14.1. The van der Waals surface area contributed by atoms with Crippen LogP contribution in [0.25, 0.3) is 0 Å². The number of nitrogens with zero attached hydrogens (tertiary/aromatic N) is 1. The van der Waals surface area contributed by atoms with Crippen molar-refractivity contribution in [3.05, 3.63) is 34.6 Å². The summed E-state index contributed by atoms with van der Waals surface area (Å²) in [5.74, 6) is 0.368. The minimum atomic E-state index is -0.284. The van der Waals surface area contributed by atoms with Crippen molar-refractivity contribution >= 4 is 23.2 Å². The molecule has 4 heteroatoms. The molecule has 0 radical (unpaired) electrons. The molecule has 1 nitrogen and oxygen atoms in total. The number of hydrogen-bond donors (Lipinski definition) is 0. The fourth-order valence-electron chi connectivity index (χ4n) is 2.49. The lowest BCUT2D eigenvalue weighted by Crippen LogP contribution is -2.35. The van der Waals surface area contributed by atoms with Crippen molar-refractivity contribution in [2.75, 3.05) is 12.4 Å². The summed E-state index contributed by atoms with van der Waals surface area (Å²) in [4.78, 5) is 2.37. The van der Waals surface area contributed by atoms with Gasteiger partial charge in [-0.1, -0.05) is 30.5 Å². The van der Waals surface area contributed by atoms with Crippen LogP contribution in [0.2, 0.25) is 5.02 Å². The van der Waals surface area contributed by atoms with Crippen LogP contribution in [0.15, 0.2) is 18.2 Å². The highest BCUT2D eigenvalue weighted by molar-refractivity contribution is 6.31. The quantitative estimate of drug-likeness (QED) is 0.743. The Morgan fingerprint density at radius 3 is 2.83 bits per heavy atom. The summed E-state index contributed by atoms with van der Waals surface area (Å²) in [5.41, 5.74) is 0.982. The average Bonchev–Trinajstić information content (AvgIpc) is 2.57. The Balaban J connectivity index is 2.10. The smallest absolute Gasteiger partial charge is 0.124 e. The highest BCUT2D eigenvalue weighted by Crippen LogP contribution is 2.24. The third kappa shape index (κ3) is 3.59. The van der Waals surface area contributed by atoms with E-state index in [4.69, 9.17) is 23.2 Å². The van der Waals surface area contributed by atoms with Crippen molar-refractivity contribution in [2.45, 2.75) is 38.3 Å². The second-order valence-corrected chi connectivity index (χ2v) is 5.58. The van der Waals surface area contributed by atoms with E-state index in [1.54, 1.807) is 6.07 Å². The summed E-state index contributed by atoms with van der Waals surface area (Å²) in [6.45, 7) is 1.81. The predicted molar refractivity (Wildman–Crippen MR) is 74.8 cm³/mol. The van der Waals surface area contributed by atoms with E-state index in [2.05, 4.69) is 4.90 Å². The largest absolute Gasteiger partial charge is 0.295 e. The van der Waals surface area contributed by atoms with Crippen molar-refractivity contribution in [1.82, 2.24) is 4.90 Å². The molecule has 1 aromatic rings. The van der Waals surface area contributed by atoms with Crippen molar-refractivity contribution in [2.24, 2.45) is 0 Å². The van der Waals surface area contributed by atoms with Crippen molar-refractivity contribution in [1.29, 1.82) is 0 Å². The van der Waals surface area contributed by atoms with Crippen LogP contribution in [0.5, 0.6) is 0 Å². The Kier molecular flexibility index (Phi) is 5.28. The zero-order valence-corrected chi connectivity index (χ0v) is 11.9. The lowest BCUT2D eigenvalue weighted by molar-refractivity contribution is 0.207. The van der Waals surface area contributed by atoms with Gasteiger partial charge in [-0.25, -0.2) is 4.39 Å². The maximum Gasteiger partial charge on any atom is 0.124 e. The van der Waals surface area contributed by atoms with E-state index in [0.29, 0.717) is 16.9 Å². The van der Waals surface area contributed by atoms with Crippen LogP contribution in [-0.2, 0) is 6.54 Å². The Morgan fingerprint density at radius 1 is 1.28 bits per heavy atom. The van der Waals surface area contributed by atoms with Crippen LogP contribution >= 0.6 is 23.2 Å². The fraction of sp³-hybridized carbons (Fsp3) is 0.571. The summed E-state index contributed by atoms with van der Waals surface area (Å²) >= 11 is 12.1. The third-order valence-corrected chi connectivity index (χ3v) is 4.27. The SMILES string of the molecule is Fc1ccc(CN2CCCCCC2CCl)c(Cl)c1. The number of rotatable bonds is 3. The van der Waals surface area contributed by atoms with Crippen LogP contribution in [0, 0.1) is 5.82 Å². The molecule has 18 heavy (non-hydrogen) atoms. The fourth-order valence-corrected chi connectivity index (χ4v) is 3.06.